The van der Waals surface area contributed by atoms with E-state index in [0.717, 1.165) is 12.8 Å². The minimum Gasteiger partial charge on any atom is -0.652 e. The van der Waals surface area contributed by atoms with Gasteiger partial charge >= 0.3 is 109 Å². The summed E-state index contributed by atoms with van der Waals surface area (Å²) in [6.07, 6.45) is -0.854. The molecule has 0 aliphatic carbocycles. The number of ether oxygens (including phenoxy) is 2. The summed E-state index contributed by atoms with van der Waals surface area (Å²) in [5, 5.41) is 25.9. The zero-order valence-corrected chi connectivity index (χ0v) is 25.6. The van der Waals surface area contributed by atoms with Gasteiger partial charge in [0.15, 0.2) is 5.78 Å². The Bertz CT molecular complexity index is 888. The third-order valence-corrected chi connectivity index (χ3v) is 4.46. The smallest absolute Gasteiger partial charge is 0.652 e. The number of hydrogen-bond acceptors (Lipinski definition) is 7. The van der Waals surface area contributed by atoms with Crippen LogP contribution in [0.2, 0.25) is 10.0 Å². The molecule has 162 valence electrons. The summed E-state index contributed by atoms with van der Waals surface area (Å²) in [6.45, 7) is 2.33. The molecule has 2 aromatic carbocycles. The molecule has 0 amide bonds. The fourth-order valence-corrected chi connectivity index (χ4v) is 2.69. The average Bonchev–Trinajstić information content (AvgIpc) is 2.67. The van der Waals surface area contributed by atoms with Crippen LogP contribution in [0.25, 0.3) is 0 Å². The van der Waals surface area contributed by atoms with Crippen LogP contribution in [0.1, 0.15) is 40.5 Å². The van der Waals surface area contributed by atoms with Crippen molar-refractivity contribution < 1.29 is 142 Å². The first kappa shape index (κ1) is 34.5. The number of unbranched alkanes of at least 4 members (excludes halogenated alkanes) is 1. The maximum atomic E-state index is 11.4. The van der Waals surface area contributed by atoms with Crippen molar-refractivity contribution in [1.29, 1.82) is 0 Å². The molecular formula is C20H18Cl2K2O8. The third kappa shape index (κ3) is 13.3. The van der Waals surface area contributed by atoms with Crippen LogP contribution in [0.15, 0.2) is 36.4 Å². The molecule has 12 heteroatoms. The summed E-state index contributed by atoms with van der Waals surface area (Å²) < 4.78 is 11.1. The summed E-state index contributed by atoms with van der Waals surface area (Å²) in [7, 11) is 0. The molecule has 2 rings (SSSR count). The molecule has 0 aromatic heterocycles. The monoisotopic (exact) mass is 534 g/mol. The van der Waals surface area contributed by atoms with Gasteiger partial charge in [-0.3, -0.25) is 4.79 Å². The molecule has 0 aliphatic heterocycles. The first-order chi connectivity index (χ1) is 14.1. The van der Waals surface area contributed by atoms with E-state index in [9.17, 15) is 9.59 Å². The Morgan fingerprint density at radius 3 is 1.84 bits per heavy atom. The van der Waals surface area contributed by atoms with Crippen LogP contribution >= 0.6 is 23.2 Å². The number of Topliss-reactive ketones (excluding diaryl/α,β-unsaturated/α-hetero) is 1. The Hall–Kier alpha value is 0.303. The minimum absolute atomic E-state index is 0. The number of carbonyl (C=O) groups excluding carboxylic acids is 2. The maximum absolute atomic E-state index is 11.4. The molecule has 0 radical (unpaired) electrons. The largest absolute Gasteiger partial charge is 1.00 e. The zero-order valence-electron chi connectivity index (χ0n) is 17.9. The SMILES string of the molecule is CC(=O)c1ccc(OCCCCOc2ccc(C(=O)O)cc2)c(Cl)c1Cl.O=C([O-])[O-].[K+].[K+]. The van der Waals surface area contributed by atoms with Gasteiger partial charge in [0, 0.05) is 5.56 Å². The maximum Gasteiger partial charge on any atom is 1.00 e. The van der Waals surface area contributed by atoms with E-state index in [1.807, 2.05) is 0 Å². The molecule has 0 aliphatic rings. The van der Waals surface area contributed by atoms with Crippen LogP contribution in [0, 0.1) is 0 Å². The van der Waals surface area contributed by atoms with Crippen LogP contribution in [0.4, 0.5) is 4.79 Å². The Morgan fingerprint density at radius 1 is 0.875 bits per heavy atom. The molecule has 2 aromatic rings. The number of ketones is 1. The van der Waals surface area contributed by atoms with Crippen LogP contribution < -0.4 is 122 Å². The van der Waals surface area contributed by atoms with Gasteiger partial charge in [-0.05, 0) is 62.3 Å². The van der Waals surface area contributed by atoms with Gasteiger partial charge < -0.3 is 29.6 Å². The number of carbonyl (C=O) groups is 3. The van der Waals surface area contributed by atoms with Crippen molar-refractivity contribution in [3.8, 4) is 11.5 Å². The quantitative estimate of drug-likeness (QED) is 0.200. The zero-order chi connectivity index (χ0) is 22.7. The van der Waals surface area contributed by atoms with E-state index in [1.165, 1.54) is 19.1 Å². The first-order valence-corrected chi connectivity index (χ1v) is 9.35. The topological polar surface area (TPSA) is 136 Å². The second kappa shape index (κ2) is 18.6. The number of carboxylic acid groups (broad SMARTS) is 3. The van der Waals surface area contributed by atoms with Gasteiger partial charge in [0.1, 0.15) is 16.5 Å². The van der Waals surface area contributed by atoms with E-state index in [1.54, 1.807) is 24.3 Å². The van der Waals surface area contributed by atoms with Gasteiger partial charge in [0.2, 0.25) is 0 Å². The number of rotatable bonds is 9. The molecule has 0 spiro atoms. The fourth-order valence-electron chi connectivity index (χ4n) is 2.19. The molecule has 0 saturated heterocycles. The molecule has 0 unspecified atom stereocenters. The van der Waals surface area contributed by atoms with Gasteiger partial charge in [-0.15, -0.1) is 0 Å². The standard InChI is InChI=1S/C19H18Cl2O5.CH2O3.2K/c1-12(22)15-8-9-16(18(21)17(15)20)26-11-3-2-10-25-14-6-4-13(5-7-14)19(23)24;2-1(3)4;;/h4-9H,2-3,10-11H2,1H3,(H,23,24);(H2,2,3,4);;/q;;2*+1/p-2. The van der Waals surface area contributed by atoms with E-state index < -0.39 is 12.1 Å². The number of hydrogen-bond donors (Lipinski definition) is 1. The number of carboxylic acids is 1. The molecular weight excluding hydrogens is 517 g/mol. The van der Waals surface area contributed by atoms with E-state index in [0.29, 0.717) is 30.3 Å². The Kier molecular flexibility index (Phi) is 20.0. The van der Waals surface area contributed by atoms with Gasteiger partial charge in [-0.2, -0.15) is 0 Å². The van der Waals surface area contributed by atoms with Crippen molar-refractivity contribution in [2.75, 3.05) is 13.2 Å². The Morgan fingerprint density at radius 2 is 1.38 bits per heavy atom. The number of halogens is 2. The van der Waals surface area contributed by atoms with Crippen LogP contribution in [0.5, 0.6) is 11.5 Å². The van der Waals surface area contributed by atoms with Gasteiger partial charge in [-0.25, -0.2) is 4.79 Å². The third-order valence-electron chi connectivity index (χ3n) is 3.59. The van der Waals surface area contributed by atoms with E-state index in [2.05, 4.69) is 0 Å². The normalized spacial score (nSPS) is 9.22. The van der Waals surface area contributed by atoms with Gasteiger partial charge in [0.05, 0.1) is 23.8 Å². The minimum atomic E-state index is -2.33. The molecule has 1 N–H and O–H groups in total. The molecule has 32 heavy (non-hydrogen) atoms. The van der Waals surface area contributed by atoms with Crippen molar-refractivity contribution in [3.05, 3.63) is 57.6 Å². The van der Waals surface area contributed by atoms with Crippen LogP contribution in [-0.4, -0.2) is 36.2 Å². The summed E-state index contributed by atoms with van der Waals surface area (Å²) in [5.74, 6) is -0.0711. The van der Waals surface area contributed by atoms with E-state index >= 15 is 0 Å². The Balaban J connectivity index is 0. The van der Waals surface area contributed by atoms with Crippen molar-refractivity contribution in [2.45, 2.75) is 19.8 Å². The van der Waals surface area contributed by atoms with Crippen LogP contribution in [0.3, 0.4) is 0 Å². The van der Waals surface area contributed by atoms with Crippen LogP contribution in [-0.2, 0) is 0 Å². The van der Waals surface area contributed by atoms with Crippen molar-refractivity contribution in [1.82, 2.24) is 0 Å². The predicted octanol–water partition coefficient (Wildman–Crippen LogP) is -3.31. The van der Waals surface area contributed by atoms with Crippen molar-refractivity contribution >= 4 is 41.1 Å². The molecule has 8 nitrogen and oxygen atoms in total. The van der Waals surface area contributed by atoms with Gasteiger partial charge in [-0.1, -0.05) is 23.2 Å². The number of benzene rings is 2. The molecule has 0 atom stereocenters. The van der Waals surface area contributed by atoms with Crippen molar-refractivity contribution in [3.63, 3.8) is 0 Å². The molecule has 0 saturated carbocycles. The second-order valence-electron chi connectivity index (χ2n) is 5.78. The summed E-state index contributed by atoms with van der Waals surface area (Å²) in [4.78, 5) is 30.5. The molecule has 0 fully saturated rings. The average molecular weight is 535 g/mol. The summed E-state index contributed by atoms with van der Waals surface area (Å²) >= 11 is 12.2. The fraction of sp³-hybridized carbons (Fsp3) is 0.250. The predicted molar refractivity (Wildman–Crippen MR) is 105 cm³/mol. The second-order valence-corrected chi connectivity index (χ2v) is 6.53. The van der Waals surface area contributed by atoms with E-state index in [4.69, 9.17) is 52.8 Å². The van der Waals surface area contributed by atoms with Crippen molar-refractivity contribution in [2.24, 2.45) is 0 Å². The first-order valence-electron chi connectivity index (χ1n) is 8.59. The van der Waals surface area contributed by atoms with Gasteiger partial charge in [0.25, 0.3) is 0 Å². The Labute approximate surface area is 280 Å². The molecule has 0 heterocycles. The summed E-state index contributed by atoms with van der Waals surface area (Å²) in [6, 6.07) is 9.46. The summed E-state index contributed by atoms with van der Waals surface area (Å²) in [5.41, 5.74) is 0.586. The molecule has 0 bridgehead atoms. The van der Waals surface area contributed by atoms with E-state index in [-0.39, 0.29) is 124 Å². The number of aromatic carboxylic acids is 1.